The third kappa shape index (κ3) is 3.29. The number of hydrogen-bond acceptors (Lipinski definition) is 2. The zero-order chi connectivity index (χ0) is 14.7. The number of carbonyl (C=O) groups excluding carboxylic acids is 1. The van der Waals surface area contributed by atoms with Gasteiger partial charge < -0.3 is 10.6 Å². The molecule has 0 aromatic heterocycles. The SMILES string of the molecule is Nc1cccc(/C=C/C(=O)N2CCC[C@H]3CCCC[C@H]32)c1. The number of hydrogen-bond donors (Lipinski definition) is 1. The minimum atomic E-state index is 0.161. The van der Waals surface area contributed by atoms with Crippen molar-refractivity contribution < 1.29 is 4.79 Å². The molecule has 0 spiro atoms. The molecule has 3 nitrogen and oxygen atoms in total. The van der Waals surface area contributed by atoms with Gasteiger partial charge in [-0.15, -0.1) is 0 Å². The molecule has 1 aromatic rings. The van der Waals surface area contributed by atoms with Gasteiger partial charge in [-0.1, -0.05) is 25.0 Å². The summed E-state index contributed by atoms with van der Waals surface area (Å²) < 4.78 is 0. The summed E-state index contributed by atoms with van der Waals surface area (Å²) in [6, 6.07) is 8.11. The van der Waals surface area contributed by atoms with E-state index in [4.69, 9.17) is 5.73 Å². The van der Waals surface area contributed by atoms with Gasteiger partial charge in [0.15, 0.2) is 0 Å². The Bertz CT molecular complexity index is 536. The molecule has 1 heterocycles. The number of carbonyl (C=O) groups is 1. The lowest BCUT2D eigenvalue weighted by Crippen LogP contribution is -2.49. The third-order valence-electron chi connectivity index (χ3n) is 4.86. The molecule has 21 heavy (non-hydrogen) atoms. The average molecular weight is 284 g/mol. The Kier molecular flexibility index (Phi) is 4.28. The summed E-state index contributed by atoms with van der Waals surface area (Å²) in [5.74, 6) is 0.895. The Morgan fingerprint density at radius 3 is 2.86 bits per heavy atom. The van der Waals surface area contributed by atoms with Gasteiger partial charge in [0.1, 0.15) is 0 Å². The van der Waals surface area contributed by atoms with Crippen molar-refractivity contribution in [1.82, 2.24) is 4.90 Å². The van der Waals surface area contributed by atoms with Crippen molar-refractivity contribution in [2.24, 2.45) is 5.92 Å². The van der Waals surface area contributed by atoms with Crippen molar-refractivity contribution in [1.29, 1.82) is 0 Å². The third-order valence-corrected chi connectivity index (χ3v) is 4.86. The fourth-order valence-electron chi connectivity index (χ4n) is 3.82. The van der Waals surface area contributed by atoms with E-state index in [1.807, 2.05) is 30.3 Å². The largest absolute Gasteiger partial charge is 0.399 e. The van der Waals surface area contributed by atoms with E-state index >= 15 is 0 Å². The van der Waals surface area contributed by atoms with Crippen molar-refractivity contribution in [2.75, 3.05) is 12.3 Å². The maximum absolute atomic E-state index is 12.5. The summed E-state index contributed by atoms with van der Waals surface area (Å²) in [7, 11) is 0. The molecule has 1 saturated carbocycles. The number of likely N-dealkylation sites (tertiary alicyclic amines) is 1. The molecule has 0 unspecified atom stereocenters. The number of nitrogen functional groups attached to an aromatic ring is 1. The van der Waals surface area contributed by atoms with Crippen molar-refractivity contribution in [2.45, 2.75) is 44.6 Å². The van der Waals surface area contributed by atoms with Gasteiger partial charge in [-0.2, -0.15) is 0 Å². The molecule has 1 aliphatic carbocycles. The second-order valence-corrected chi connectivity index (χ2v) is 6.29. The van der Waals surface area contributed by atoms with Gasteiger partial charge in [0.25, 0.3) is 0 Å². The van der Waals surface area contributed by atoms with Crippen LogP contribution in [0.15, 0.2) is 30.3 Å². The lowest BCUT2D eigenvalue weighted by Gasteiger charge is -2.43. The quantitative estimate of drug-likeness (QED) is 0.667. The maximum atomic E-state index is 12.5. The van der Waals surface area contributed by atoms with Crippen molar-refractivity contribution >= 4 is 17.7 Å². The molecule has 0 radical (unpaired) electrons. The van der Waals surface area contributed by atoms with Crippen LogP contribution in [-0.2, 0) is 4.79 Å². The first-order valence-electron chi connectivity index (χ1n) is 8.08. The standard InChI is InChI=1S/C18H24N2O/c19-16-8-3-5-14(13-16)10-11-18(21)20-12-4-7-15-6-1-2-9-17(15)20/h3,5,8,10-11,13,15,17H,1-2,4,6-7,9,12,19H2/b11-10+/t15-,17-/m1/s1. The van der Waals surface area contributed by atoms with Crippen molar-refractivity contribution in [3.63, 3.8) is 0 Å². The Hall–Kier alpha value is -1.77. The molecule has 112 valence electrons. The van der Waals surface area contributed by atoms with Gasteiger partial charge in [-0.3, -0.25) is 4.79 Å². The van der Waals surface area contributed by atoms with E-state index in [9.17, 15) is 4.79 Å². The van der Waals surface area contributed by atoms with Crippen LogP contribution in [0.3, 0.4) is 0 Å². The van der Waals surface area contributed by atoms with Gasteiger partial charge in [0.2, 0.25) is 5.91 Å². The van der Waals surface area contributed by atoms with Gasteiger partial charge in [0, 0.05) is 24.4 Å². The van der Waals surface area contributed by atoms with E-state index in [0.29, 0.717) is 6.04 Å². The number of nitrogens with zero attached hydrogens (tertiary/aromatic N) is 1. The van der Waals surface area contributed by atoms with E-state index in [1.54, 1.807) is 6.08 Å². The molecule has 2 N–H and O–H groups in total. The summed E-state index contributed by atoms with van der Waals surface area (Å²) in [5.41, 5.74) is 7.48. The molecule has 1 saturated heterocycles. The minimum Gasteiger partial charge on any atom is -0.399 e. The van der Waals surface area contributed by atoms with Crippen molar-refractivity contribution in [3.8, 4) is 0 Å². The highest BCUT2D eigenvalue weighted by molar-refractivity contribution is 5.92. The highest BCUT2D eigenvalue weighted by atomic mass is 16.2. The van der Waals surface area contributed by atoms with E-state index in [2.05, 4.69) is 4.90 Å². The Labute approximate surface area is 126 Å². The van der Waals surface area contributed by atoms with E-state index in [1.165, 1.54) is 32.1 Å². The molecule has 3 heteroatoms. The monoisotopic (exact) mass is 284 g/mol. The molecule has 0 bridgehead atoms. The van der Waals surface area contributed by atoms with Crippen LogP contribution in [-0.4, -0.2) is 23.4 Å². The number of rotatable bonds is 2. The number of fused-ring (bicyclic) bond motifs is 1. The minimum absolute atomic E-state index is 0.161. The smallest absolute Gasteiger partial charge is 0.246 e. The van der Waals surface area contributed by atoms with Crippen LogP contribution >= 0.6 is 0 Å². The van der Waals surface area contributed by atoms with Crippen LogP contribution in [0.2, 0.25) is 0 Å². The Balaban J connectivity index is 1.69. The fraction of sp³-hybridized carbons (Fsp3) is 0.500. The molecule has 1 aliphatic heterocycles. The number of amides is 1. The zero-order valence-electron chi connectivity index (χ0n) is 12.5. The first-order valence-corrected chi connectivity index (χ1v) is 8.08. The maximum Gasteiger partial charge on any atom is 0.246 e. The predicted octanol–water partition coefficient (Wildman–Crippen LogP) is 3.46. The first-order chi connectivity index (χ1) is 10.2. The van der Waals surface area contributed by atoms with Gasteiger partial charge >= 0.3 is 0 Å². The topological polar surface area (TPSA) is 46.3 Å². The Morgan fingerprint density at radius 1 is 1.19 bits per heavy atom. The summed E-state index contributed by atoms with van der Waals surface area (Å²) in [5, 5.41) is 0. The Morgan fingerprint density at radius 2 is 2.00 bits per heavy atom. The van der Waals surface area contributed by atoms with Crippen LogP contribution in [0.4, 0.5) is 5.69 Å². The highest BCUT2D eigenvalue weighted by Gasteiger charge is 2.34. The van der Waals surface area contributed by atoms with Crippen LogP contribution in [0.1, 0.15) is 44.1 Å². The number of anilines is 1. The first kappa shape index (κ1) is 14.2. The van der Waals surface area contributed by atoms with Gasteiger partial charge in [-0.05, 0) is 55.4 Å². The summed E-state index contributed by atoms with van der Waals surface area (Å²) in [4.78, 5) is 14.6. The normalized spacial score (nSPS) is 25.8. The van der Waals surface area contributed by atoms with Crippen LogP contribution in [0, 0.1) is 5.92 Å². The predicted molar refractivity (Wildman–Crippen MR) is 86.6 cm³/mol. The van der Waals surface area contributed by atoms with E-state index in [0.717, 1.165) is 30.1 Å². The lowest BCUT2D eigenvalue weighted by molar-refractivity contribution is -0.132. The molecular formula is C18H24N2O. The summed E-state index contributed by atoms with van der Waals surface area (Å²) >= 11 is 0. The molecular weight excluding hydrogens is 260 g/mol. The number of nitrogens with two attached hydrogens (primary N) is 1. The number of benzene rings is 1. The second kappa shape index (κ2) is 6.33. The van der Waals surface area contributed by atoms with Crippen molar-refractivity contribution in [3.05, 3.63) is 35.9 Å². The zero-order valence-corrected chi connectivity index (χ0v) is 12.5. The van der Waals surface area contributed by atoms with Crippen LogP contribution < -0.4 is 5.73 Å². The number of piperidine rings is 1. The molecule has 2 aliphatic rings. The van der Waals surface area contributed by atoms with Gasteiger partial charge in [0.05, 0.1) is 0 Å². The molecule has 2 fully saturated rings. The molecule has 1 amide bonds. The summed E-state index contributed by atoms with van der Waals surface area (Å²) in [6.07, 6.45) is 11.1. The molecule has 3 rings (SSSR count). The van der Waals surface area contributed by atoms with E-state index in [-0.39, 0.29) is 5.91 Å². The fourth-order valence-corrected chi connectivity index (χ4v) is 3.82. The average Bonchev–Trinajstić information content (AvgIpc) is 2.52. The van der Waals surface area contributed by atoms with Crippen LogP contribution in [0.25, 0.3) is 6.08 Å². The molecule has 2 atom stereocenters. The summed E-state index contributed by atoms with van der Waals surface area (Å²) in [6.45, 7) is 0.918. The second-order valence-electron chi connectivity index (χ2n) is 6.29. The lowest BCUT2D eigenvalue weighted by atomic mass is 9.78. The molecule has 1 aromatic carbocycles. The van der Waals surface area contributed by atoms with Gasteiger partial charge in [-0.25, -0.2) is 0 Å². The highest BCUT2D eigenvalue weighted by Crippen LogP contribution is 2.35. The van der Waals surface area contributed by atoms with E-state index < -0.39 is 0 Å². The van der Waals surface area contributed by atoms with Crippen LogP contribution in [0.5, 0.6) is 0 Å².